The van der Waals surface area contributed by atoms with Gasteiger partial charge in [-0.1, -0.05) is 35.4 Å². The van der Waals surface area contributed by atoms with E-state index in [0.29, 0.717) is 11.4 Å². The fourth-order valence-electron chi connectivity index (χ4n) is 3.42. The van der Waals surface area contributed by atoms with Gasteiger partial charge >= 0.3 is 30.2 Å². The minimum Gasteiger partial charge on any atom is -0.444 e. The number of ether oxygens (including phenoxy) is 5. The molecule has 0 bridgehead atoms. The summed E-state index contributed by atoms with van der Waals surface area (Å²) in [6.45, 7) is 11.5. The third-order valence-corrected chi connectivity index (χ3v) is 5.92. The van der Waals surface area contributed by atoms with Crippen LogP contribution in [0.4, 0.5) is 25.8 Å². The fraction of sp³-hybridized carbons (Fsp3) is 0.485. The standard InChI is InChI=1S/C19H28N2O6.C14H20N2O4.ClH/c1-13-7-9-15(10-8-13)21(6)18(24)26-12-25-16(22)11-14(2)20-17(23)27-19(3,4)5;1-10-4-6-12(7-5-10)16(3)14(18)20-9-19-13(17)8-11(2)15;/h7-10,14H,11-12H2,1-6H3,(H,20,23);4-7,11H,8-9,15H2,1-3H3;1H. The molecule has 3 amide bonds. The Labute approximate surface area is 288 Å². The first-order valence-corrected chi connectivity index (χ1v) is 14.9. The highest BCUT2D eigenvalue weighted by Crippen LogP contribution is 2.15. The van der Waals surface area contributed by atoms with Crippen molar-refractivity contribution in [2.75, 3.05) is 37.5 Å². The Balaban J connectivity index is 0.000000940. The van der Waals surface area contributed by atoms with Crippen molar-refractivity contribution in [3.8, 4) is 0 Å². The number of alkyl carbamates (subject to hydrolysis) is 1. The summed E-state index contributed by atoms with van der Waals surface area (Å²) >= 11 is 0. The summed E-state index contributed by atoms with van der Waals surface area (Å²) in [7, 11) is 3.14. The third kappa shape index (κ3) is 18.6. The number of aryl methyl sites for hydroxylation is 2. The van der Waals surface area contributed by atoms with Crippen LogP contribution in [0.25, 0.3) is 0 Å². The number of nitrogens with zero attached hydrogens (tertiary/aromatic N) is 2. The lowest BCUT2D eigenvalue weighted by Gasteiger charge is -2.21. The van der Waals surface area contributed by atoms with Crippen LogP contribution in [-0.4, -0.2) is 75.6 Å². The Hall–Kier alpha value is -4.56. The summed E-state index contributed by atoms with van der Waals surface area (Å²) in [5, 5.41) is 2.53. The molecule has 0 aliphatic heterocycles. The number of rotatable bonds is 11. The fourth-order valence-corrected chi connectivity index (χ4v) is 3.42. The van der Waals surface area contributed by atoms with Crippen LogP contribution in [0, 0.1) is 13.8 Å². The van der Waals surface area contributed by atoms with Crippen molar-refractivity contribution in [2.24, 2.45) is 5.73 Å². The SMILES string of the molecule is Cc1ccc(N(C)C(=O)OCOC(=O)CC(C)N)cc1.Cc1ccc(N(C)C(=O)OCOC(=O)CC(C)NC(=O)OC(C)(C)C)cc1.Cl. The van der Waals surface area contributed by atoms with Crippen molar-refractivity contribution in [1.82, 2.24) is 5.32 Å². The lowest BCUT2D eigenvalue weighted by Crippen LogP contribution is -2.39. The molecule has 0 heterocycles. The predicted molar refractivity (Wildman–Crippen MR) is 183 cm³/mol. The number of nitrogens with one attached hydrogen (secondary N) is 1. The quantitative estimate of drug-likeness (QED) is 0.170. The molecule has 0 aromatic heterocycles. The van der Waals surface area contributed by atoms with Crippen LogP contribution in [0.1, 0.15) is 58.6 Å². The number of anilines is 2. The van der Waals surface area contributed by atoms with E-state index < -0.39 is 55.4 Å². The normalized spacial score (nSPS) is 11.5. The lowest BCUT2D eigenvalue weighted by molar-refractivity contribution is -0.153. The summed E-state index contributed by atoms with van der Waals surface area (Å²) in [6, 6.07) is 13.9. The highest BCUT2D eigenvalue weighted by molar-refractivity contribution is 5.87. The van der Waals surface area contributed by atoms with Gasteiger partial charge in [-0.25, -0.2) is 14.4 Å². The van der Waals surface area contributed by atoms with Crippen LogP contribution < -0.4 is 20.9 Å². The van der Waals surface area contributed by atoms with Crippen LogP contribution in [0.2, 0.25) is 0 Å². The molecule has 2 aromatic carbocycles. The molecule has 0 fully saturated rings. The Morgan fingerprint density at radius 3 is 1.44 bits per heavy atom. The first-order valence-electron chi connectivity index (χ1n) is 14.9. The molecule has 14 nitrogen and oxygen atoms in total. The van der Waals surface area contributed by atoms with Crippen molar-refractivity contribution < 1.29 is 47.7 Å². The summed E-state index contributed by atoms with van der Waals surface area (Å²) in [6.07, 6.45) is -1.85. The lowest BCUT2D eigenvalue weighted by atomic mass is 10.2. The minimum atomic E-state index is -0.647. The maximum Gasteiger partial charge on any atom is 0.416 e. The summed E-state index contributed by atoms with van der Waals surface area (Å²) < 4.78 is 24.5. The number of carbonyl (C=O) groups excluding carboxylic acids is 5. The van der Waals surface area contributed by atoms with Crippen LogP contribution in [0.5, 0.6) is 0 Å². The minimum absolute atomic E-state index is 0. The topological polar surface area (TPSA) is 176 Å². The van der Waals surface area contributed by atoms with E-state index >= 15 is 0 Å². The molecule has 2 atom stereocenters. The average Bonchev–Trinajstić information content (AvgIpc) is 2.95. The Bertz CT molecular complexity index is 1320. The molecule has 0 saturated carbocycles. The number of amides is 3. The molecule has 2 unspecified atom stereocenters. The molecule has 2 aromatic rings. The first-order chi connectivity index (χ1) is 21.9. The van der Waals surface area contributed by atoms with E-state index in [-0.39, 0.29) is 31.3 Å². The number of carbonyl (C=O) groups is 5. The number of hydrogen-bond acceptors (Lipinski definition) is 11. The molecule has 0 radical (unpaired) electrons. The van der Waals surface area contributed by atoms with Gasteiger partial charge in [-0.3, -0.25) is 19.4 Å². The van der Waals surface area contributed by atoms with E-state index in [1.165, 1.54) is 9.80 Å². The Kier molecular flexibility index (Phi) is 19.3. The molecule has 268 valence electrons. The van der Waals surface area contributed by atoms with Gasteiger partial charge in [0.25, 0.3) is 0 Å². The number of benzene rings is 2. The van der Waals surface area contributed by atoms with Crippen molar-refractivity contribution in [1.29, 1.82) is 0 Å². The summed E-state index contributed by atoms with van der Waals surface area (Å²) in [5.74, 6) is -1.10. The molecular weight excluding hydrogens is 648 g/mol. The molecule has 0 spiro atoms. The monoisotopic (exact) mass is 696 g/mol. The van der Waals surface area contributed by atoms with Gasteiger partial charge in [0.15, 0.2) is 0 Å². The van der Waals surface area contributed by atoms with Gasteiger partial charge in [0.05, 0.1) is 12.8 Å². The second kappa shape index (κ2) is 21.3. The maximum absolute atomic E-state index is 11.9. The van der Waals surface area contributed by atoms with Crippen LogP contribution in [0.15, 0.2) is 48.5 Å². The molecular formula is C33H49ClN4O10. The zero-order valence-corrected chi connectivity index (χ0v) is 29.9. The van der Waals surface area contributed by atoms with Crippen molar-refractivity contribution in [3.63, 3.8) is 0 Å². The number of esters is 2. The first kappa shape index (κ1) is 43.4. The van der Waals surface area contributed by atoms with Crippen molar-refractivity contribution in [2.45, 2.75) is 79.0 Å². The molecule has 0 aliphatic rings. The van der Waals surface area contributed by atoms with E-state index in [0.717, 1.165) is 11.1 Å². The van der Waals surface area contributed by atoms with Crippen molar-refractivity contribution >= 4 is 54.0 Å². The smallest absolute Gasteiger partial charge is 0.416 e. The van der Waals surface area contributed by atoms with Gasteiger partial charge in [-0.15, -0.1) is 12.4 Å². The van der Waals surface area contributed by atoms with Crippen LogP contribution in [0.3, 0.4) is 0 Å². The zero-order valence-electron chi connectivity index (χ0n) is 29.1. The van der Waals surface area contributed by atoms with Crippen LogP contribution in [-0.2, 0) is 33.3 Å². The van der Waals surface area contributed by atoms with Gasteiger partial charge in [0, 0.05) is 37.6 Å². The van der Waals surface area contributed by atoms with Gasteiger partial charge in [-0.05, 0) is 72.7 Å². The van der Waals surface area contributed by atoms with E-state index in [4.69, 9.17) is 29.4 Å². The Morgan fingerprint density at radius 2 is 1.08 bits per heavy atom. The van der Waals surface area contributed by atoms with Crippen LogP contribution >= 0.6 is 12.4 Å². The summed E-state index contributed by atoms with van der Waals surface area (Å²) in [4.78, 5) is 60.9. The maximum atomic E-state index is 11.9. The highest BCUT2D eigenvalue weighted by Gasteiger charge is 2.20. The van der Waals surface area contributed by atoms with Gasteiger partial charge in [-0.2, -0.15) is 0 Å². The van der Waals surface area contributed by atoms with E-state index in [2.05, 4.69) is 5.32 Å². The largest absolute Gasteiger partial charge is 0.444 e. The van der Waals surface area contributed by atoms with Gasteiger partial charge in [0.1, 0.15) is 5.60 Å². The van der Waals surface area contributed by atoms with Gasteiger partial charge < -0.3 is 34.7 Å². The molecule has 0 saturated heterocycles. The number of hydrogen-bond donors (Lipinski definition) is 2. The number of halogens is 1. The van der Waals surface area contributed by atoms with E-state index in [1.54, 1.807) is 73.0 Å². The Morgan fingerprint density at radius 1 is 0.708 bits per heavy atom. The molecule has 2 rings (SSSR count). The molecule has 3 N–H and O–H groups in total. The second-order valence-electron chi connectivity index (χ2n) is 11.8. The molecule has 48 heavy (non-hydrogen) atoms. The second-order valence-corrected chi connectivity index (χ2v) is 11.8. The molecule has 15 heteroatoms. The zero-order chi connectivity index (χ0) is 35.7. The van der Waals surface area contributed by atoms with Crippen molar-refractivity contribution in [3.05, 3.63) is 59.7 Å². The number of nitrogens with two attached hydrogens (primary N) is 1. The van der Waals surface area contributed by atoms with E-state index in [1.807, 2.05) is 38.1 Å². The summed E-state index contributed by atoms with van der Waals surface area (Å²) in [5.41, 5.74) is 8.35. The molecule has 0 aliphatic carbocycles. The van der Waals surface area contributed by atoms with E-state index in [9.17, 15) is 24.0 Å². The van der Waals surface area contributed by atoms with Gasteiger partial charge in [0.2, 0.25) is 13.6 Å². The predicted octanol–water partition coefficient (Wildman–Crippen LogP) is 5.60. The third-order valence-electron chi connectivity index (χ3n) is 5.92. The average molecular weight is 697 g/mol. The highest BCUT2D eigenvalue weighted by atomic mass is 35.5.